The molecule has 0 bridgehead atoms. The molecule has 0 unspecified atom stereocenters. The number of furan rings is 1. The van der Waals surface area contributed by atoms with Gasteiger partial charge in [-0.3, -0.25) is 25.8 Å². The van der Waals surface area contributed by atoms with Gasteiger partial charge in [-0.1, -0.05) is 11.6 Å². The van der Waals surface area contributed by atoms with E-state index >= 15 is 0 Å². The summed E-state index contributed by atoms with van der Waals surface area (Å²) in [5, 5.41) is 2.88. The largest absolute Gasteiger partial charge is 0.484 e. The van der Waals surface area contributed by atoms with Gasteiger partial charge in [-0.2, -0.15) is 0 Å². The number of carbonyl (C=O) groups excluding carboxylic acids is 2. The highest BCUT2D eigenvalue weighted by atomic mass is 35.5. The second-order valence-corrected chi connectivity index (χ2v) is 5.45. The zero-order chi connectivity index (χ0) is 17.5. The number of hydrogen-bond acceptors (Lipinski definition) is 5. The molecule has 0 aliphatic heterocycles. The van der Waals surface area contributed by atoms with Crippen LogP contribution in [0, 0.1) is 6.92 Å². The highest BCUT2D eigenvalue weighted by Crippen LogP contribution is 2.20. The lowest BCUT2D eigenvalue weighted by Gasteiger charge is -2.11. The first-order chi connectivity index (χ1) is 11.5. The summed E-state index contributed by atoms with van der Waals surface area (Å²) in [6, 6.07) is 8.12. The molecule has 9 heteroatoms. The lowest BCUT2D eigenvalue weighted by atomic mass is 10.2. The smallest absolute Gasteiger partial charge is 0.293 e. The van der Waals surface area contributed by atoms with Crippen LogP contribution in [-0.2, 0) is 4.79 Å². The summed E-state index contributed by atoms with van der Waals surface area (Å²) < 4.78 is 10.2. The van der Waals surface area contributed by atoms with Crippen molar-refractivity contribution < 1.29 is 18.7 Å². The summed E-state index contributed by atoms with van der Waals surface area (Å²) >= 11 is 10.8. The topological polar surface area (TPSA) is 92.6 Å². The fourth-order valence-corrected chi connectivity index (χ4v) is 1.88. The van der Waals surface area contributed by atoms with Crippen molar-refractivity contribution in [3.05, 3.63) is 52.9 Å². The first kappa shape index (κ1) is 17.8. The van der Waals surface area contributed by atoms with Crippen molar-refractivity contribution in [2.24, 2.45) is 0 Å². The zero-order valence-electron chi connectivity index (χ0n) is 12.6. The third-order valence-corrected chi connectivity index (χ3v) is 3.42. The number of hydrogen-bond donors (Lipinski definition) is 3. The van der Waals surface area contributed by atoms with Gasteiger partial charge in [0.15, 0.2) is 17.5 Å². The molecule has 0 spiro atoms. The van der Waals surface area contributed by atoms with E-state index in [0.29, 0.717) is 10.8 Å². The molecule has 2 rings (SSSR count). The normalized spacial score (nSPS) is 9.92. The third-order valence-electron chi connectivity index (χ3n) is 2.79. The van der Waals surface area contributed by atoms with Crippen LogP contribution in [0.3, 0.4) is 0 Å². The van der Waals surface area contributed by atoms with Gasteiger partial charge >= 0.3 is 0 Å². The highest BCUT2D eigenvalue weighted by molar-refractivity contribution is 7.80. The molecule has 0 saturated carbocycles. The molecular weight excluding hydrogens is 354 g/mol. The molecule has 2 amide bonds. The van der Waals surface area contributed by atoms with Crippen molar-refractivity contribution in [3.8, 4) is 5.75 Å². The number of carbonyl (C=O) groups is 2. The second-order valence-electron chi connectivity index (χ2n) is 4.63. The Morgan fingerprint density at radius 2 is 2.08 bits per heavy atom. The fraction of sp³-hybridized carbons (Fsp3) is 0.133. The van der Waals surface area contributed by atoms with Crippen LogP contribution in [0.1, 0.15) is 16.1 Å². The summed E-state index contributed by atoms with van der Waals surface area (Å²) in [5.74, 6) is -0.385. The van der Waals surface area contributed by atoms with Crippen molar-refractivity contribution in [1.29, 1.82) is 0 Å². The van der Waals surface area contributed by atoms with E-state index in [1.54, 1.807) is 24.3 Å². The number of halogens is 1. The Hall–Kier alpha value is -2.58. The Kier molecular flexibility index (Phi) is 6.16. The van der Waals surface area contributed by atoms with Crippen molar-refractivity contribution in [1.82, 2.24) is 16.2 Å². The monoisotopic (exact) mass is 367 g/mol. The minimum absolute atomic E-state index is 0.0768. The number of ether oxygens (including phenoxy) is 1. The third kappa shape index (κ3) is 5.25. The van der Waals surface area contributed by atoms with Crippen molar-refractivity contribution >= 4 is 40.7 Å². The maximum atomic E-state index is 11.7. The number of benzene rings is 1. The van der Waals surface area contributed by atoms with Crippen molar-refractivity contribution in [2.75, 3.05) is 6.61 Å². The molecule has 0 aliphatic carbocycles. The molecule has 1 heterocycles. The number of thiocarbonyl (C=S) groups is 1. The maximum absolute atomic E-state index is 11.7. The maximum Gasteiger partial charge on any atom is 0.293 e. The van der Waals surface area contributed by atoms with Gasteiger partial charge in [0.1, 0.15) is 5.75 Å². The summed E-state index contributed by atoms with van der Waals surface area (Å²) in [6.07, 6.45) is 1.36. The van der Waals surface area contributed by atoms with Gasteiger partial charge in [-0.25, -0.2) is 0 Å². The molecular formula is C15H14ClN3O4S. The van der Waals surface area contributed by atoms with Crippen LogP contribution in [0.25, 0.3) is 0 Å². The van der Waals surface area contributed by atoms with Crippen molar-refractivity contribution in [2.45, 2.75) is 6.92 Å². The van der Waals surface area contributed by atoms with Crippen LogP contribution in [0.15, 0.2) is 41.0 Å². The van der Waals surface area contributed by atoms with E-state index in [0.717, 1.165) is 5.56 Å². The first-order valence-corrected chi connectivity index (χ1v) is 7.57. The van der Waals surface area contributed by atoms with Gasteiger partial charge in [-0.15, -0.1) is 0 Å². The van der Waals surface area contributed by atoms with Crippen LogP contribution < -0.4 is 20.9 Å². The van der Waals surface area contributed by atoms with E-state index in [1.807, 2.05) is 6.92 Å². The number of rotatable bonds is 4. The number of hydrazine groups is 1. The molecule has 24 heavy (non-hydrogen) atoms. The zero-order valence-corrected chi connectivity index (χ0v) is 14.2. The predicted molar refractivity (Wildman–Crippen MR) is 91.7 cm³/mol. The minimum atomic E-state index is -0.528. The van der Waals surface area contributed by atoms with E-state index in [-0.39, 0.29) is 17.5 Å². The van der Waals surface area contributed by atoms with E-state index in [1.165, 1.54) is 12.3 Å². The average molecular weight is 368 g/mol. The second kappa shape index (κ2) is 8.32. The Bertz CT molecular complexity index is 749. The lowest BCUT2D eigenvalue weighted by molar-refractivity contribution is -0.123. The number of amides is 2. The minimum Gasteiger partial charge on any atom is -0.484 e. The number of nitrogens with one attached hydrogen (secondary N) is 3. The molecule has 2 aromatic rings. The Labute approximate surface area is 148 Å². The summed E-state index contributed by atoms with van der Waals surface area (Å²) in [4.78, 5) is 23.3. The molecule has 1 aromatic heterocycles. The molecule has 126 valence electrons. The lowest BCUT2D eigenvalue weighted by Crippen LogP contribution is -2.49. The van der Waals surface area contributed by atoms with Crippen LogP contribution in [-0.4, -0.2) is 23.5 Å². The van der Waals surface area contributed by atoms with Gasteiger partial charge < -0.3 is 9.15 Å². The van der Waals surface area contributed by atoms with Crippen LogP contribution in [0.4, 0.5) is 0 Å². The molecule has 0 aliphatic rings. The van der Waals surface area contributed by atoms with Crippen LogP contribution in [0.2, 0.25) is 5.02 Å². The number of aryl methyl sites for hydroxylation is 1. The molecule has 0 atom stereocenters. The highest BCUT2D eigenvalue weighted by Gasteiger charge is 2.11. The first-order valence-electron chi connectivity index (χ1n) is 6.78. The van der Waals surface area contributed by atoms with E-state index in [4.69, 9.17) is 33.0 Å². The van der Waals surface area contributed by atoms with E-state index in [9.17, 15) is 9.59 Å². The summed E-state index contributed by atoms with van der Waals surface area (Å²) in [5.41, 5.74) is 5.53. The Balaban J connectivity index is 1.71. The van der Waals surface area contributed by atoms with Crippen molar-refractivity contribution in [3.63, 3.8) is 0 Å². The molecule has 0 fully saturated rings. The quantitative estimate of drug-likeness (QED) is 0.565. The predicted octanol–water partition coefficient (Wildman–Crippen LogP) is 1.96. The molecule has 0 saturated heterocycles. The molecule has 3 N–H and O–H groups in total. The Morgan fingerprint density at radius 3 is 2.75 bits per heavy atom. The molecule has 7 nitrogen and oxygen atoms in total. The SMILES string of the molecule is Cc1cc(OCC(=O)NNC(=S)NC(=O)c2ccco2)ccc1Cl. The summed E-state index contributed by atoms with van der Waals surface area (Å²) in [7, 11) is 0. The van der Waals surface area contributed by atoms with E-state index < -0.39 is 11.8 Å². The van der Waals surface area contributed by atoms with Gasteiger partial charge in [0, 0.05) is 5.02 Å². The van der Waals surface area contributed by atoms with Gasteiger partial charge in [0.25, 0.3) is 11.8 Å². The van der Waals surface area contributed by atoms with Crippen LogP contribution >= 0.6 is 23.8 Å². The Morgan fingerprint density at radius 1 is 1.29 bits per heavy atom. The van der Waals surface area contributed by atoms with E-state index in [2.05, 4.69) is 16.2 Å². The standard InChI is InChI=1S/C15H14ClN3O4S/c1-9-7-10(4-5-11(9)16)23-8-13(20)18-19-15(24)17-14(21)12-3-2-6-22-12/h2-7H,8H2,1H3,(H,18,20)(H2,17,19,21,24). The fourth-order valence-electron chi connectivity index (χ4n) is 1.62. The van der Waals surface area contributed by atoms with Gasteiger partial charge in [0.2, 0.25) is 0 Å². The van der Waals surface area contributed by atoms with Gasteiger partial charge in [-0.05, 0) is 55.0 Å². The average Bonchev–Trinajstić information content (AvgIpc) is 3.08. The molecule has 0 radical (unpaired) electrons. The summed E-state index contributed by atoms with van der Waals surface area (Å²) in [6.45, 7) is 1.60. The van der Waals surface area contributed by atoms with Crippen LogP contribution in [0.5, 0.6) is 5.75 Å². The molecule has 1 aromatic carbocycles. The van der Waals surface area contributed by atoms with Gasteiger partial charge in [0.05, 0.1) is 6.26 Å².